The predicted molar refractivity (Wildman–Crippen MR) is 67.0 cm³/mol. The molecule has 0 aliphatic rings. The fourth-order valence-corrected chi connectivity index (χ4v) is 3.09. The van der Waals surface area contributed by atoms with Gasteiger partial charge in [-0.1, -0.05) is 0 Å². The number of rotatable bonds is 3. The molecule has 0 radical (unpaired) electrons. The van der Waals surface area contributed by atoms with Gasteiger partial charge in [0.25, 0.3) is 0 Å². The van der Waals surface area contributed by atoms with Gasteiger partial charge in [-0.3, -0.25) is 4.68 Å². The Hall–Kier alpha value is -0.650. The van der Waals surface area contributed by atoms with Crippen LogP contribution in [0.4, 0.5) is 0 Å². The van der Waals surface area contributed by atoms with Crippen molar-refractivity contribution in [3.05, 3.63) is 27.7 Å². The van der Waals surface area contributed by atoms with Crippen molar-refractivity contribution in [3.63, 3.8) is 0 Å². The number of halogens is 1. The van der Waals surface area contributed by atoms with E-state index in [1.165, 1.54) is 10.4 Å². The summed E-state index contributed by atoms with van der Waals surface area (Å²) in [5, 5.41) is 9.71. The van der Waals surface area contributed by atoms with E-state index in [1.807, 2.05) is 18.8 Å². The van der Waals surface area contributed by atoms with Crippen molar-refractivity contribution in [1.29, 1.82) is 0 Å². The van der Waals surface area contributed by atoms with E-state index in [9.17, 15) is 0 Å². The topological polar surface area (TPSA) is 29.9 Å². The molecule has 2 rings (SSSR count). The van der Waals surface area contributed by atoms with E-state index in [0.717, 1.165) is 16.7 Å². The minimum absolute atomic E-state index is 0.841. The van der Waals surface area contributed by atoms with E-state index in [2.05, 4.69) is 44.0 Å². The van der Waals surface area contributed by atoms with Crippen LogP contribution in [0.15, 0.2) is 22.1 Å². The standard InChI is InChI=1S/C10H12BrN3S/c1-12-5-7-6-14(2)13-9(7)10-8(11)3-4-15-10/h3-4,6,12H,5H2,1-2H3. The number of nitrogens with one attached hydrogen (secondary N) is 1. The van der Waals surface area contributed by atoms with Crippen LogP contribution in [-0.2, 0) is 13.6 Å². The fourth-order valence-electron chi connectivity index (χ4n) is 1.51. The fraction of sp³-hybridized carbons (Fsp3) is 0.300. The molecule has 2 aromatic heterocycles. The van der Waals surface area contributed by atoms with E-state index in [4.69, 9.17) is 0 Å². The molecule has 0 atom stereocenters. The predicted octanol–water partition coefficient (Wildman–Crippen LogP) is 2.63. The number of aryl methyl sites for hydroxylation is 1. The number of hydrogen-bond acceptors (Lipinski definition) is 3. The molecule has 0 aliphatic heterocycles. The number of nitrogens with zero attached hydrogens (tertiary/aromatic N) is 2. The smallest absolute Gasteiger partial charge is 0.108 e. The lowest BCUT2D eigenvalue weighted by Crippen LogP contribution is -2.04. The zero-order valence-electron chi connectivity index (χ0n) is 8.62. The first-order valence-corrected chi connectivity index (χ1v) is 6.30. The average Bonchev–Trinajstić information content (AvgIpc) is 2.73. The summed E-state index contributed by atoms with van der Waals surface area (Å²) in [6, 6.07) is 2.05. The second-order valence-corrected chi connectivity index (χ2v) is 5.08. The van der Waals surface area contributed by atoms with Gasteiger partial charge in [-0.15, -0.1) is 11.3 Å². The van der Waals surface area contributed by atoms with Gasteiger partial charge in [-0.05, 0) is 34.4 Å². The van der Waals surface area contributed by atoms with E-state index >= 15 is 0 Å². The Morgan fingerprint density at radius 3 is 3.00 bits per heavy atom. The highest BCUT2D eigenvalue weighted by Crippen LogP contribution is 2.34. The van der Waals surface area contributed by atoms with Crippen LogP contribution in [0.1, 0.15) is 5.56 Å². The highest BCUT2D eigenvalue weighted by molar-refractivity contribution is 9.10. The minimum atomic E-state index is 0.841. The highest BCUT2D eigenvalue weighted by atomic mass is 79.9. The molecular weight excluding hydrogens is 274 g/mol. The Morgan fingerprint density at radius 2 is 2.40 bits per heavy atom. The number of aromatic nitrogens is 2. The van der Waals surface area contributed by atoms with E-state index in [0.29, 0.717) is 0 Å². The quantitative estimate of drug-likeness (QED) is 0.940. The summed E-state index contributed by atoms with van der Waals surface area (Å²) in [6.07, 6.45) is 2.05. The maximum atomic E-state index is 4.49. The second-order valence-electron chi connectivity index (χ2n) is 3.30. The second kappa shape index (κ2) is 4.47. The Morgan fingerprint density at radius 1 is 1.60 bits per heavy atom. The molecule has 15 heavy (non-hydrogen) atoms. The Bertz CT molecular complexity index is 461. The highest BCUT2D eigenvalue weighted by Gasteiger charge is 2.13. The molecule has 0 fully saturated rings. The van der Waals surface area contributed by atoms with Gasteiger partial charge in [0.2, 0.25) is 0 Å². The van der Waals surface area contributed by atoms with Crippen LogP contribution < -0.4 is 5.32 Å². The zero-order chi connectivity index (χ0) is 10.8. The Kier molecular flexibility index (Phi) is 3.23. The number of hydrogen-bond donors (Lipinski definition) is 1. The van der Waals surface area contributed by atoms with E-state index in [1.54, 1.807) is 11.3 Å². The molecule has 0 saturated carbocycles. The van der Waals surface area contributed by atoms with Crippen LogP contribution in [0, 0.1) is 0 Å². The molecular formula is C10H12BrN3S. The van der Waals surface area contributed by atoms with Crippen molar-refractivity contribution >= 4 is 27.3 Å². The molecule has 1 N–H and O–H groups in total. The van der Waals surface area contributed by atoms with Crippen LogP contribution >= 0.6 is 27.3 Å². The van der Waals surface area contributed by atoms with Gasteiger partial charge in [0.1, 0.15) is 5.69 Å². The summed E-state index contributed by atoms with van der Waals surface area (Å²) >= 11 is 5.24. The van der Waals surface area contributed by atoms with Gasteiger partial charge in [0.05, 0.1) is 4.88 Å². The molecule has 0 aliphatic carbocycles. The lowest BCUT2D eigenvalue weighted by molar-refractivity contribution is 0.766. The van der Waals surface area contributed by atoms with Crippen LogP contribution in [0.3, 0.4) is 0 Å². The first kappa shape index (κ1) is 10.9. The van der Waals surface area contributed by atoms with Crippen molar-refractivity contribution in [3.8, 4) is 10.6 Å². The minimum Gasteiger partial charge on any atom is -0.316 e. The van der Waals surface area contributed by atoms with Crippen LogP contribution in [0.2, 0.25) is 0 Å². The van der Waals surface area contributed by atoms with Crippen LogP contribution in [-0.4, -0.2) is 16.8 Å². The molecule has 0 unspecified atom stereocenters. The van der Waals surface area contributed by atoms with Crippen LogP contribution in [0.5, 0.6) is 0 Å². The van der Waals surface area contributed by atoms with E-state index < -0.39 is 0 Å². The Balaban J connectivity index is 2.47. The molecule has 0 spiro atoms. The lowest BCUT2D eigenvalue weighted by Gasteiger charge is -1.99. The van der Waals surface area contributed by atoms with Gasteiger partial charge < -0.3 is 5.32 Å². The normalized spacial score (nSPS) is 10.9. The largest absolute Gasteiger partial charge is 0.316 e. The third-order valence-corrected chi connectivity index (χ3v) is 3.95. The van der Waals surface area contributed by atoms with Gasteiger partial charge in [-0.25, -0.2) is 0 Å². The summed E-state index contributed by atoms with van der Waals surface area (Å²) in [5.41, 5.74) is 2.29. The molecule has 0 aromatic carbocycles. The molecule has 2 aromatic rings. The molecule has 0 bridgehead atoms. The molecule has 2 heterocycles. The lowest BCUT2D eigenvalue weighted by atomic mass is 10.2. The van der Waals surface area contributed by atoms with Crippen LogP contribution in [0.25, 0.3) is 10.6 Å². The maximum absolute atomic E-state index is 4.49. The molecule has 80 valence electrons. The van der Waals surface area contributed by atoms with E-state index in [-0.39, 0.29) is 0 Å². The van der Waals surface area contributed by atoms with Crippen molar-refractivity contribution in [2.45, 2.75) is 6.54 Å². The molecule has 0 amide bonds. The summed E-state index contributed by atoms with van der Waals surface area (Å²) < 4.78 is 2.97. The SMILES string of the molecule is CNCc1cn(C)nc1-c1sccc1Br. The summed E-state index contributed by atoms with van der Waals surface area (Å²) in [5.74, 6) is 0. The summed E-state index contributed by atoms with van der Waals surface area (Å²) in [6.45, 7) is 0.841. The van der Waals surface area contributed by atoms with Gasteiger partial charge in [0, 0.05) is 29.8 Å². The number of thiophene rings is 1. The maximum Gasteiger partial charge on any atom is 0.108 e. The zero-order valence-corrected chi connectivity index (χ0v) is 11.0. The molecule has 3 nitrogen and oxygen atoms in total. The van der Waals surface area contributed by atoms with Gasteiger partial charge in [0.15, 0.2) is 0 Å². The third kappa shape index (κ3) is 2.14. The van der Waals surface area contributed by atoms with Gasteiger partial charge >= 0.3 is 0 Å². The molecule has 0 saturated heterocycles. The third-order valence-electron chi connectivity index (χ3n) is 2.10. The van der Waals surface area contributed by atoms with Crippen molar-refractivity contribution in [2.75, 3.05) is 7.05 Å². The van der Waals surface area contributed by atoms with Crippen molar-refractivity contribution in [2.24, 2.45) is 7.05 Å². The first-order valence-electron chi connectivity index (χ1n) is 4.63. The van der Waals surface area contributed by atoms with Gasteiger partial charge in [-0.2, -0.15) is 5.10 Å². The summed E-state index contributed by atoms with van der Waals surface area (Å²) in [4.78, 5) is 1.20. The monoisotopic (exact) mass is 285 g/mol. The van der Waals surface area contributed by atoms with Crippen molar-refractivity contribution < 1.29 is 0 Å². The average molecular weight is 286 g/mol. The first-order chi connectivity index (χ1) is 7.22. The Labute approximate surface area is 101 Å². The summed E-state index contributed by atoms with van der Waals surface area (Å²) in [7, 11) is 3.89. The van der Waals surface area contributed by atoms with Crippen molar-refractivity contribution in [1.82, 2.24) is 15.1 Å². The molecule has 5 heteroatoms.